The van der Waals surface area contributed by atoms with Crippen molar-refractivity contribution in [3.63, 3.8) is 0 Å². The van der Waals surface area contributed by atoms with Gasteiger partial charge in [-0.1, -0.05) is 30.3 Å². The summed E-state index contributed by atoms with van der Waals surface area (Å²) in [6.07, 6.45) is 6.56. The van der Waals surface area contributed by atoms with Gasteiger partial charge < -0.3 is 15.0 Å². The standard InChI is InChI=1S/C24H33N5O3/c1-20(7-8-21-5-3-2-4-6-21)27-23(30)9-12-29(14-13-28-15-17-32-18-16-28)24(31)22-19-25-10-11-26-22/h2-6,10-11,19-20H,7-9,12-18H2,1H3,(H,27,30). The van der Waals surface area contributed by atoms with Crippen LogP contribution in [0, 0.1) is 0 Å². The van der Waals surface area contributed by atoms with Crippen LogP contribution in [0.4, 0.5) is 0 Å². The molecular formula is C24H33N5O3. The van der Waals surface area contributed by atoms with Crippen LogP contribution in [-0.2, 0) is 16.0 Å². The second-order valence-corrected chi connectivity index (χ2v) is 8.08. The monoisotopic (exact) mass is 439 g/mol. The quantitative estimate of drug-likeness (QED) is 0.574. The van der Waals surface area contributed by atoms with E-state index in [1.165, 1.54) is 18.0 Å². The molecule has 8 heteroatoms. The Hall–Kier alpha value is -2.84. The number of rotatable bonds is 11. The van der Waals surface area contributed by atoms with Crippen LogP contribution in [0.15, 0.2) is 48.9 Å². The highest BCUT2D eigenvalue weighted by Gasteiger charge is 2.20. The minimum Gasteiger partial charge on any atom is -0.379 e. The van der Waals surface area contributed by atoms with Gasteiger partial charge in [0, 0.05) is 57.6 Å². The van der Waals surface area contributed by atoms with Crippen LogP contribution in [0.1, 0.15) is 35.8 Å². The van der Waals surface area contributed by atoms with E-state index in [2.05, 4.69) is 32.3 Å². The summed E-state index contributed by atoms with van der Waals surface area (Å²) >= 11 is 0. The molecule has 0 radical (unpaired) electrons. The lowest BCUT2D eigenvalue weighted by atomic mass is 10.1. The molecule has 8 nitrogen and oxygen atoms in total. The van der Waals surface area contributed by atoms with Gasteiger partial charge in [-0.3, -0.25) is 19.5 Å². The average molecular weight is 440 g/mol. The van der Waals surface area contributed by atoms with E-state index in [1.54, 1.807) is 11.1 Å². The molecule has 1 N–H and O–H groups in total. The minimum absolute atomic E-state index is 0.0473. The number of benzene rings is 1. The number of ether oxygens (including phenoxy) is 1. The number of nitrogens with zero attached hydrogens (tertiary/aromatic N) is 4. The van der Waals surface area contributed by atoms with Crippen molar-refractivity contribution in [2.75, 3.05) is 45.9 Å². The summed E-state index contributed by atoms with van der Waals surface area (Å²) in [6, 6.07) is 10.3. The lowest BCUT2D eigenvalue weighted by molar-refractivity contribution is -0.121. The fraction of sp³-hybridized carbons (Fsp3) is 0.500. The van der Waals surface area contributed by atoms with Crippen LogP contribution in [0.5, 0.6) is 0 Å². The molecule has 1 aromatic carbocycles. The molecule has 2 heterocycles. The highest BCUT2D eigenvalue weighted by molar-refractivity contribution is 5.92. The summed E-state index contributed by atoms with van der Waals surface area (Å²) in [6.45, 7) is 6.76. The van der Waals surface area contributed by atoms with Crippen molar-refractivity contribution in [2.24, 2.45) is 0 Å². The van der Waals surface area contributed by atoms with E-state index in [-0.39, 0.29) is 24.3 Å². The summed E-state index contributed by atoms with van der Waals surface area (Å²) in [5.41, 5.74) is 1.56. The summed E-state index contributed by atoms with van der Waals surface area (Å²) in [4.78, 5) is 37.6. The van der Waals surface area contributed by atoms with Crippen molar-refractivity contribution in [1.82, 2.24) is 25.1 Å². The molecule has 3 rings (SSSR count). The summed E-state index contributed by atoms with van der Waals surface area (Å²) in [7, 11) is 0. The van der Waals surface area contributed by atoms with E-state index in [1.807, 2.05) is 25.1 Å². The van der Waals surface area contributed by atoms with Gasteiger partial charge in [-0.2, -0.15) is 0 Å². The molecule has 0 spiro atoms. The minimum atomic E-state index is -0.198. The van der Waals surface area contributed by atoms with Gasteiger partial charge in [-0.25, -0.2) is 4.98 Å². The summed E-state index contributed by atoms with van der Waals surface area (Å²) < 4.78 is 5.39. The second-order valence-electron chi connectivity index (χ2n) is 8.08. The average Bonchev–Trinajstić information content (AvgIpc) is 2.84. The van der Waals surface area contributed by atoms with E-state index < -0.39 is 0 Å². The predicted octanol–water partition coefficient (Wildman–Crippen LogP) is 1.78. The lowest BCUT2D eigenvalue weighted by Gasteiger charge is -2.30. The van der Waals surface area contributed by atoms with Gasteiger partial charge in [0.1, 0.15) is 5.69 Å². The van der Waals surface area contributed by atoms with E-state index in [4.69, 9.17) is 4.74 Å². The topological polar surface area (TPSA) is 87.7 Å². The highest BCUT2D eigenvalue weighted by atomic mass is 16.5. The van der Waals surface area contributed by atoms with Crippen molar-refractivity contribution in [2.45, 2.75) is 32.2 Å². The largest absolute Gasteiger partial charge is 0.379 e. The maximum atomic E-state index is 13.0. The van der Waals surface area contributed by atoms with E-state index in [0.717, 1.165) is 32.5 Å². The Balaban J connectivity index is 1.48. The van der Waals surface area contributed by atoms with E-state index in [9.17, 15) is 9.59 Å². The fourth-order valence-electron chi connectivity index (χ4n) is 3.66. The van der Waals surface area contributed by atoms with Gasteiger partial charge in [0.25, 0.3) is 5.91 Å². The third-order valence-corrected chi connectivity index (χ3v) is 5.58. The predicted molar refractivity (Wildman–Crippen MR) is 122 cm³/mol. The molecule has 1 aromatic heterocycles. The normalized spacial score (nSPS) is 15.2. The van der Waals surface area contributed by atoms with Crippen LogP contribution in [0.25, 0.3) is 0 Å². The van der Waals surface area contributed by atoms with Crippen LogP contribution in [0.2, 0.25) is 0 Å². The number of amides is 2. The zero-order valence-electron chi connectivity index (χ0n) is 18.8. The fourth-order valence-corrected chi connectivity index (χ4v) is 3.66. The zero-order valence-corrected chi connectivity index (χ0v) is 18.8. The van der Waals surface area contributed by atoms with E-state index >= 15 is 0 Å². The Morgan fingerprint density at radius 2 is 1.94 bits per heavy atom. The van der Waals surface area contributed by atoms with Crippen LogP contribution in [-0.4, -0.2) is 83.6 Å². The van der Waals surface area contributed by atoms with Crippen LogP contribution in [0.3, 0.4) is 0 Å². The van der Waals surface area contributed by atoms with Crippen LogP contribution < -0.4 is 5.32 Å². The Morgan fingerprint density at radius 1 is 1.16 bits per heavy atom. The Labute approximate surface area is 190 Å². The smallest absolute Gasteiger partial charge is 0.274 e. The van der Waals surface area contributed by atoms with Gasteiger partial charge in [-0.15, -0.1) is 0 Å². The van der Waals surface area contributed by atoms with Crippen LogP contribution >= 0.6 is 0 Å². The third-order valence-electron chi connectivity index (χ3n) is 5.58. The third kappa shape index (κ3) is 8.01. The molecule has 0 aliphatic carbocycles. The molecule has 1 atom stereocenters. The number of hydrogen-bond donors (Lipinski definition) is 1. The number of aromatic nitrogens is 2. The van der Waals surface area contributed by atoms with Crippen molar-refractivity contribution in [1.29, 1.82) is 0 Å². The van der Waals surface area contributed by atoms with Crippen molar-refractivity contribution < 1.29 is 14.3 Å². The van der Waals surface area contributed by atoms with Crippen molar-refractivity contribution in [3.05, 3.63) is 60.2 Å². The molecule has 32 heavy (non-hydrogen) atoms. The van der Waals surface area contributed by atoms with Crippen molar-refractivity contribution in [3.8, 4) is 0 Å². The molecule has 1 aliphatic rings. The first kappa shape index (κ1) is 23.8. The number of hydrogen-bond acceptors (Lipinski definition) is 6. The molecule has 2 aromatic rings. The maximum absolute atomic E-state index is 13.0. The lowest BCUT2D eigenvalue weighted by Crippen LogP contribution is -2.44. The number of aryl methyl sites for hydroxylation is 1. The number of carbonyl (C=O) groups excluding carboxylic acids is 2. The first-order valence-corrected chi connectivity index (χ1v) is 11.3. The molecule has 1 aliphatic heterocycles. The molecule has 0 bridgehead atoms. The highest BCUT2D eigenvalue weighted by Crippen LogP contribution is 2.07. The molecule has 172 valence electrons. The SMILES string of the molecule is CC(CCc1ccccc1)NC(=O)CCN(CCN1CCOCC1)C(=O)c1cnccn1. The van der Waals surface area contributed by atoms with Gasteiger partial charge in [-0.05, 0) is 25.3 Å². The second kappa shape index (κ2) is 12.9. The van der Waals surface area contributed by atoms with Gasteiger partial charge in [0.15, 0.2) is 0 Å². The number of carbonyl (C=O) groups is 2. The molecular weight excluding hydrogens is 406 g/mol. The molecule has 0 saturated carbocycles. The van der Waals surface area contributed by atoms with Gasteiger partial charge in [0.2, 0.25) is 5.91 Å². The zero-order chi connectivity index (χ0) is 22.6. The van der Waals surface area contributed by atoms with Gasteiger partial charge in [0.05, 0.1) is 19.4 Å². The molecule has 1 fully saturated rings. The Kier molecular flexibility index (Phi) is 9.59. The molecule has 1 unspecified atom stereocenters. The maximum Gasteiger partial charge on any atom is 0.274 e. The first-order valence-electron chi connectivity index (χ1n) is 11.3. The van der Waals surface area contributed by atoms with Gasteiger partial charge >= 0.3 is 0 Å². The van der Waals surface area contributed by atoms with Crippen molar-refractivity contribution >= 4 is 11.8 Å². The van der Waals surface area contributed by atoms with E-state index in [0.29, 0.717) is 32.0 Å². The Morgan fingerprint density at radius 3 is 2.66 bits per heavy atom. The Bertz CT molecular complexity index is 828. The molecule has 1 saturated heterocycles. The summed E-state index contributed by atoms with van der Waals surface area (Å²) in [5, 5.41) is 3.06. The molecule has 2 amide bonds. The summed E-state index contributed by atoms with van der Waals surface area (Å²) in [5.74, 6) is -0.245. The number of morpholine rings is 1. The first-order chi connectivity index (χ1) is 15.6. The number of nitrogens with one attached hydrogen (secondary N) is 1.